The van der Waals surface area contributed by atoms with Crippen molar-refractivity contribution in [3.8, 4) is 78.5 Å². The van der Waals surface area contributed by atoms with Gasteiger partial charge in [-0.25, -0.2) is 15.0 Å². The van der Waals surface area contributed by atoms with E-state index in [4.69, 9.17) is 15.0 Å². The topological polar surface area (TPSA) is 38.7 Å². The van der Waals surface area contributed by atoms with Crippen molar-refractivity contribution in [3.63, 3.8) is 0 Å². The number of para-hydroxylation sites is 1. The van der Waals surface area contributed by atoms with Crippen LogP contribution in [0.4, 0.5) is 0 Å². The van der Waals surface area contributed by atoms with Crippen molar-refractivity contribution >= 4 is 21.7 Å². The summed E-state index contributed by atoms with van der Waals surface area (Å²) in [5, 5.41) is 3.49. The highest BCUT2D eigenvalue weighted by molar-refractivity contribution is 6.19. The lowest BCUT2D eigenvalue weighted by molar-refractivity contribution is 0.769. The van der Waals surface area contributed by atoms with E-state index in [0.29, 0.717) is 5.82 Å². The Morgan fingerprint density at radius 3 is 1.32 bits per heavy atom. The van der Waals surface area contributed by atoms with Gasteiger partial charge >= 0.3 is 0 Å². The van der Waals surface area contributed by atoms with E-state index < -0.39 is 5.41 Å². The molecule has 10 aromatic carbocycles. The molecule has 13 rings (SSSR count). The number of rotatable bonds is 8. The minimum Gasteiger partial charge on any atom is -0.247 e. The van der Waals surface area contributed by atoms with Crippen LogP contribution < -0.4 is 0 Å². The van der Waals surface area contributed by atoms with Gasteiger partial charge in [0, 0.05) is 38.4 Å². The predicted octanol–water partition coefficient (Wildman–Crippen LogP) is 16.5. The molecule has 69 heavy (non-hydrogen) atoms. The monoisotopic (exact) mass is 877 g/mol. The maximum atomic E-state index is 5.45. The van der Waals surface area contributed by atoms with Gasteiger partial charge in [-0.1, -0.05) is 249 Å². The molecule has 0 saturated heterocycles. The van der Waals surface area contributed by atoms with Crippen LogP contribution in [0.25, 0.3) is 100 Å². The molecular formula is C66H43N3. The van der Waals surface area contributed by atoms with Crippen LogP contribution in [-0.4, -0.2) is 15.0 Å². The van der Waals surface area contributed by atoms with Gasteiger partial charge in [0.1, 0.15) is 0 Å². The lowest BCUT2D eigenvalue weighted by atomic mass is 9.67. The Morgan fingerprint density at radius 2 is 0.739 bits per heavy atom. The Bertz CT molecular complexity index is 3690. The first-order chi connectivity index (χ1) is 34.2. The van der Waals surface area contributed by atoms with Gasteiger partial charge in [-0.15, -0.1) is 0 Å². The second-order valence-corrected chi connectivity index (χ2v) is 17.8. The minimum absolute atomic E-state index is 0.502. The van der Waals surface area contributed by atoms with Crippen LogP contribution in [0.2, 0.25) is 0 Å². The summed E-state index contributed by atoms with van der Waals surface area (Å²) in [5.74, 6) is 0.678. The summed E-state index contributed by atoms with van der Waals surface area (Å²) in [6, 6.07) is 93.4. The van der Waals surface area contributed by atoms with Gasteiger partial charge in [0.25, 0.3) is 0 Å². The normalized spacial score (nSPS) is 12.5. The highest BCUT2D eigenvalue weighted by Gasteiger charge is 2.46. The fourth-order valence-electron chi connectivity index (χ4n) is 10.8. The fourth-order valence-corrected chi connectivity index (χ4v) is 10.8. The second-order valence-electron chi connectivity index (χ2n) is 17.8. The molecule has 3 heteroatoms. The zero-order valence-corrected chi connectivity index (χ0v) is 37.7. The molecular weight excluding hydrogens is 835 g/mol. The van der Waals surface area contributed by atoms with E-state index in [1.807, 2.05) is 12.1 Å². The van der Waals surface area contributed by atoms with Gasteiger partial charge < -0.3 is 0 Å². The molecule has 2 aromatic heterocycles. The lowest BCUT2D eigenvalue weighted by Crippen LogP contribution is -2.28. The van der Waals surface area contributed by atoms with Crippen LogP contribution in [0.5, 0.6) is 0 Å². The number of aromatic nitrogens is 3. The molecule has 0 unspecified atom stereocenters. The molecule has 0 aliphatic heterocycles. The third-order valence-corrected chi connectivity index (χ3v) is 14.0. The Kier molecular flexibility index (Phi) is 9.73. The Hall–Kier alpha value is -9.05. The molecule has 1 aliphatic carbocycles. The number of pyridine rings is 1. The summed E-state index contributed by atoms with van der Waals surface area (Å²) in [5.41, 5.74) is 19.4. The predicted molar refractivity (Wildman–Crippen MR) is 285 cm³/mol. The quantitative estimate of drug-likeness (QED) is 0.143. The first kappa shape index (κ1) is 40.2. The molecule has 0 saturated carbocycles. The highest BCUT2D eigenvalue weighted by Crippen LogP contribution is 2.58. The van der Waals surface area contributed by atoms with E-state index in [2.05, 4.69) is 249 Å². The standard InChI is InChI=1S/C66H43N3/c1-5-17-44(18-6-1)46-29-33-48(34-30-46)60-43-61(69-65(68-60)51-39-31-47(32-40-51)45-19-7-2-8-20-45)49-35-37-50(38-36-49)64-56-41-42-58-63(62(56)55-26-14-16-28-59(55)67-64)54-25-13-15-27-57(54)66(58,52-21-9-3-10-22-52)53-23-11-4-12-24-53/h1-43H. The average Bonchev–Trinajstić information content (AvgIpc) is 3.75. The first-order valence-corrected chi connectivity index (χ1v) is 23.6. The van der Waals surface area contributed by atoms with Gasteiger partial charge in [-0.2, -0.15) is 0 Å². The van der Waals surface area contributed by atoms with Crippen molar-refractivity contribution < 1.29 is 0 Å². The third kappa shape index (κ3) is 6.78. The average molecular weight is 878 g/mol. The number of hydrogen-bond donors (Lipinski definition) is 0. The largest absolute Gasteiger partial charge is 0.247 e. The first-order valence-electron chi connectivity index (χ1n) is 23.6. The summed E-state index contributed by atoms with van der Waals surface area (Å²) in [6.45, 7) is 0. The maximum absolute atomic E-state index is 5.45. The number of nitrogens with zero attached hydrogens (tertiary/aromatic N) is 3. The SMILES string of the molecule is c1ccc(-c2ccc(-c3cc(-c4ccc(-c5nc6ccccc6c6c7c(ccc56)C(c5ccccc5)(c5ccccc5)c5ccccc5-7)cc4)nc(-c4ccc(-c5ccccc5)cc4)n3)cc2)cc1. The molecule has 0 amide bonds. The molecule has 1 aliphatic rings. The third-order valence-electron chi connectivity index (χ3n) is 14.0. The van der Waals surface area contributed by atoms with E-state index in [-0.39, 0.29) is 0 Å². The van der Waals surface area contributed by atoms with Crippen molar-refractivity contribution in [2.24, 2.45) is 0 Å². The van der Waals surface area contributed by atoms with Crippen LogP contribution in [0.15, 0.2) is 261 Å². The zero-order valence-electron chi connectivity index (χ0n) is 37.7. The van der Waals surface area contributed by atoms with Crippen molar-refractivity contribution in [2.75, 3.05) is 0 Å². The summed E-state index contributed by atoms with van der Waals surface area (Å²) in [6.07, 6.45) is 0. The molecule has 12 aromatic rings. The molecule has 0 radical (unpaired) electrons. The maximum Gasteiger partial charge on any atom is 0.160 e. The molecule has 3 nitrogen and oxygen atoms in total. The van der Waals surface area contributed by atoms with Gasteiger partial charge in [-0.05, 0) is 67.8 Å². The molecule has 0 spiro atoms. The summed E-state index contributed by atoms with van der Waals surface area (Å²) >= 11 is 0. The van der Waals surface area contributed by atoms with E-state index in [1.54, 1.807) is 0 Å². The number of benzene rings is 10. The van der Waals surface area contributed by atoms with E-state index in [9.17, 15) is 0 Å². The summed E-state index contributed by atoms with van der Waals surface area (Å²) in [4.78, 5) is 15.9. The molecule has 0 atom stereocenters. The van der Waals surface area contributed by atoms with Crippen molar-refractivity contribution in [2.45, 2.75) is 5.41 Å². The highest BCUT2D eigenvalue weighted by atomic mass is 14.9. The Balaban J connectivity index is 0.956. The number of hydrogen-bond acceptors (Lipinski definition) is 3. The van der Waals surface area contributed by atoms with Gasteiger partial charge in [0.05, 0.1) is 28.0 Å². The Morgan fingerprint density at radius 1 is 0.290 bits per heavy atom. The smallest absolute Gasteiger partial charge is 0.160 e. The van der Waals surface area contributed by atoms with Crippen LogP contribution in [0, 0.1) is 0 Å². The lowest BCUT2D eigenvalue weighted by Gasteiger charge is -2.34. The molecule has 0 fully saturated rings. The van der Waals surface area contributed by atoms with Crippen LogP contribution >= 0.6 is 0 Å². The minimum atomic E-state index is -0.502. The second kappa shape index (κ2) is 16.7. The van der Waals surface area contributed by atoms with Gasteiger partial charge in [0.15, 0.2) is 5.82 Å². The van der Waals surface area contributed by atoms with Crippen LogP contribution in [0.3, 0.4) is 0 Å². The Labute approximate surface area is 401 Å². The van der Waals surface area contributed by atoms with Crippen molar-refractivity contribution in [1.82, 2.24) is 15.0 Å². The van der Waals surface area contributed by atoms with Crippen molar-refractivity contribution in [1.29, 1.82) is 0 Å². The molecule has 2 heterocycles. The van der Waals surface area contributed by atoms with E-state index in [0.717, 1.165) is 66.8 Å². The van der Waals surface area contributed by atoms with Crippen LogP contribution in [-0.2, 0) is 5.41 Å². The summed E-state index contributed by atoms with van der Waals surface area (Å²) in [7, 11) is 0. The zero-order chi connectivity index (χ0) is 45.7. The van der Waals surface area contributed by atoms with Crippen LogP contribution in [0.1, 0.15) is 22.3 Å². The fraction of sp³-hybridized carbons (Fsp3) is 0.0152. The molecule has 0 bridgehead atoms. The van der Waals surface area contributed by atoms with Crippen molar-refractivity contribution in [3.05, 3.63) is 283 Å². The summed E-state index contributed by atoms with van der Waals surface area (Å²) < 4.78 is 0. The molecule has 0 N–H and O–H groups in total. The van der Waals surface area contributed by atoms with E-state index in [1.165, 1.54) is 49.9 Å². The van der Waals surface area contributed by atoms with Gasteiger partial charge in [0.2, 0.25) is 0 Å². The van der Waals surface area contributed by atoms with Gasteiger partial charge in [-0.3, -0.25) is 0 Å². The number of fused-ring (bicyclic) bond motifs is 7. The molecule has 322 valence electrons. The van der Waals surface area contributed by atoms with E-state index >= 15 is 0 Å².